The van der Waals surface area contributed by atoms with E-state index in [0.29, 0.717) is 13.0 Å². The number of carbonyl (C=O) groups excluding carboxylic acids is 2. The normalized spacial score (nSPS) is 23.0. The number of rotatable bonds is 2. The maximum Gasteiger partial charge on any atom is 0.410 e. The Hall–Kier alpha value is -0.770. The third-order valence-electron chi connectivity index (χ3n) is 2.85. The van der Waals surface area contributed by atoms with E-state index in [1.165, 1.54) is 4.90 Å². The van der Waals surface area contributed by atoms with Crippen molar-refractivity contribution >= 4 is 23.5 Å². The van der Waals surface area contributed by atoms with Gasteiger partial charge in [-0.05, 0) is 32.6 Å². The molecule has 1 rings (SSSR count). The molecule has 1 fully saturated rings. The molecule has 18 heavy (non-hydrogen) atoms. The van der Waals surface area contributed by atoms with E-state index in [0.717, 1.165) is 0 Å². The minimum atomic E-state index is -0.557. The number of alkyl halides is 1. The van der Waals surface area contributed by atoms with Crippen LogP contribution in [0.4, 0.5) is 4.79 Å². The van der Waals surface area contributed by atoms with Crippen LogP contribution >= 0.6 is 11.6 Å². The van der Waals surface area contributed by atoms with Crippen LogP contribution in [0, 0.1) is 5.41 Å². The van der Waals surface area contributed by atoms with E-state index < -0.39 is 17.7 Å². The topological polar surface area (TPSA) is 46.6 Å². The number of carbonyl (C=O) groups is 2. The van der Waals surface area contributed by atoms with Crippen molar-refractivity contribution in [3.63, 3.8) is 0 Å². The zero-order chi connectivity index (χ0) is 14.1. The standard InChI is InChI=1S/C13H22ClNO3/c1-12(2,3)18-11(17)15-8-13(4,5)6-9(15)10(16)7-14/h9H,6-8H2,1-5H3. The minimum absolute atomic E-state index is 0.0694. The number of Topliss-reactive ketones (excluding diaryl/α,β-unsaturated/α-hetero) is 1. The first-order valence-electron chi connectivity index (χ1n) is 6.14. The van der Waals surface area contributed by atoms with Gasteiger partial charge in [-0.1, -0.05) is 13.8 Å². The Morgan fingerprint density at radius 2 is 1.94 bits per heavy atom. The number of ketones is 1. The molecular weight excluding hydrogens is 254 g/mol. The molecule has 0 aromatic heterocycles. The lowest BCUT2D eigenvalue weighted by Crippen LogP contribution is -2.44. The van der Waals surface area contributed by atoms with Crippen molar-refractivity contribution in [1.29, 1.82) is 0 Å². The van der Waals surface area contributed by atoms with Crippen LogP contribution in [0.1, 0.15) is 41.0 Å². The average molecular weight is 276 g/mol. The van der Waals surface area contributed by atoms with Crippen molar-refractivity contribution in [1.82, 2.24) is 4.90 Å². The SMILES string of the molecule is CC1(C)CC(C(=O)CCl)N(C(=O)OC(C)(C)C)C1. The predicted molar refractivity (Wildman–Crippen MR) is 70.9 cm³/mol. The average Bonchev–Trinajstić information content (AvgIpc) is 2.51. The lowest BCUT2D eigenvalue weighted by molar-refractivity contribution is -0.120. The highest BCUT2D eigenvalue weighted by molar-refractivity contribution is 6.28. The van der Waals surface area contributed by atoms with E-state index in [9.17, 15) is 9.59 Å². The summed E-state index contributed by atoms with van der Waals surface area (Å²) < 4.78 is 5.33. The molecule has 0 N–H and O–H groups in total. The Labute approximate surface area is 114 Å². The lowest BCUT2D eigenvalue weighted by Gasteiger charge is -2.28. The second kappa shape index (κ2) is 5.08. The predicted octanol–water partition coefficient (Wildman–Crippen LogP) is 2.83. The van der Waals surface area contributed by atoms with Gasteiger partial charge in [-0.25, -0.2) is 4.79 Å². The number of nitrogens with zero attached hydrogens (tertiary/aromatic N) is 1. The second-order valence-corrected chi connectivity index (χ2v) is 6.86. The molecule has 0 bridgehead atoms. The monoisotopic (exact) mass is 275 g/mol. The van der Waals surface area contributed by atoms with Gasteiger partial charge in [-0.3, -0.25) is 9.69 Å². The lowest BCUT2D eigenvalue weighted by atomic mass is 9.90. The van der Waals surface area contributed by atoms with Crippen molar-refractivity contribution in [3.8, 4) is 0 Å². The van der Waals surface area contributed by atoms with Crippen LogP contribution in [-0.4, -0.2) is 40.8 Å². The van der Waals surface area contributed by atoms with Gasteiger partial charge in [0.1, 0.15) is 5.60 Å². The van der Waals surface area contributed by atoms with E-state index in [1.54, 1.807) is 0 Å². The van der Waals surface area contributed by atoms with Gasteiger partial charge in [-0.2, -0.15) is 0 Å². The Balaban J connectivity index is 2.84. The Kier molecular flexibility index (Phi) is 4.31. The smallest absolute Gasteiger partial charge is 0.410 e. The van der Waals surface area contributed by atoms with Gasteiger partial charge in [0.2, 0.25) is 0 Å². The molecule has 0 aliphatic carbocycles. The van der Waals surface area contributed by atoms with Crippen molar-refractivity contribution in [2.45, 2.75) is 52.7 Å². The molecular formula is C13H22ClNO3. The molecule has 0 radical (unpaired) electrons. The van der Waals surface area contributed by atoms with Gasteiger partial charge < -0.3 is 4.74 Å². The molecule has 5 heteroatoms. The minimum Gasteiger partial charge on any atom is -0.444 e. The number of amides is 1. The molecule has 1 atom stereocenters. The molecule has 1 unspecified atom stereocenters. The maximum absolute atomic E-state index is 12.1. The van der Waals surface area contributed by atoms with E-state index in [1.807, 2.05) is 34.6 Å². The van der Waals surface area contributed by atoms with Crippen molar-refractivity contribution in [2.24, 2.45) is 5.41 Å². The molecule has 4 nitrogen and oxygen atoms in total. The number of hydrogen-bond donors (Lipinski definition) is 0. The zero-order valence-corrected chi connectivity index (χ0v) is 12.5. The van der Waals surface area contributed by atoms with Crippen LogP contribution in [0.25, 0.3) is 0 Å². The molecule has 0 spiro atoms. The van der Waals surface area contributed by atoms with Crippen LogP contribution in [0.3, 0.4) is 0 Å². The second-order valence-electron chi connectivity index (χ2n) is 6.59. The van der Waals surface area contributed by atoms with Gasteiger partial charge in [0.05, 0.1) is 11.9 Å². The zero-order valence-electron chi connectivity index (χ0n) is 11.7. The van der Waals surface area contributed by atoms with Gasteiger partial charge >= 0.3 is 6.09 Å². The van der Waals surface area contributed by atoms with Gasteiger partial charge in [-0.15, -0.1) is 11.6 Å². The van der Waals surface area contributed by atoms with Crippen molar-refractivity contribution in [2.75, 3.05) is 12.4 Å². The molecule has 0 saturated carbocycles. The first kappa shape index (κ1) is 15.3. The van der Waals surface area contributed by atoms with Crippen molar-refractivity contribution < 1.29 is 14.3 Å². The molecule has 0 aromatic carbocycles. The molecule has 1 aliphatic rings. The van der Waals surface area contributed by atoms with Gasteiger partial charge in [0.25, 0.3) is 0 Å². The molecule has 104 valence electrons. The summed E-state index contributed by atoms with van der Waals surface area (Å²) in [4.78, 5) is 25.4. The Morgan fingerprint density at radius 3 is 2.39 bits per heavy atom. The fraction of sp³-hybridized carbons (Fsp3) is 0.846. The van der Waals surface area contributed by atoms with Crippen LogP contribution in [-0.2, 0) is 9.53 Å². The highest BCUT2D eigenvalue weighted by atomic mass is 35.5. The van der Waals surface area contributed by atoms with Crippen LogP contribution in [0.5, 0.6) is 0 Å². The summed E-state index contributed by atoms with van der Waals surface area (Å²) in [7, 11) is 0. The first-order chi connectivity index (χ1) is 8.06. The Morgan fingerprint density at radius 1 is 1.39 bits per heavy atom. The van der Waals surface area contributed by atoms with Crippen LogP contribution in [0.2, 0.25) is 0 Å². The maximum atomic E-state index is 12.1. The molecule has 1 saturated heterocycles. The largest absolute Gasteiger partial charge is 0.444 e. The Bertz CT molecular complexity index is 347. The number of hydrogen-bond acceptors (Lipinski definition) is 3. The summed E-state index contributed by atoms with van der Waals surface area (Å²) in [6.07, 6.45) is 0.203. The third-order valence-corrected chi connectivity index (χ3v) is 3.12. The highest BCUT2D eigenvalue weighted by Crippen LogP contribution is 2.35. The molecule has 1 amide bonds. The highest BCUT2D eigenvalue weighted by Gasteiger charge is 2.44. The summed E-state index contributed by atoms with van der Waals surface area (Å²) in [5, 5.41) is 0. The summed E-state index contributed by atoms with van der Waals surface area (Å²) >= 11 is 5.60. The summed E-state index contributed by atoms with van der Waals surface area (Å²) in [6, 6.07) is -0.452. The fourth-order valence-electron chi connectivity index (χ4n) is 2.16. The number of likely N-dealkylation sites (tertiary alicyclic amines) is 1. The van der Waals surface area contributed by atoms with Crippen LogP contribution in [0.15, 0.2) is 0 Å². The van der Waals surface area contributed by atoms with Crippen LogP contribution < -0.4 is 0 Å². The van der Waals surface area contributed by atoms with E-state index >= 15 is 0 Å². The fourth-order valence-corrected chi connectivity index (χ4v) is 2.34. The summed E-state index contributed by atoms with van der Waals surface area (Å²) in [6.45, 7) is 10.0. The quantitative estimate of drug-likeness (QED) is 0.728. The van der Waals surface area contributed by atoms with E-state index in [4.69, 9.17) is 16.3 Å². The molecule has 1 heterocycles. The molecule has 0 aromatic rings. The summed E-state index contributed by atoms with van der Waals surface area (Å²) in [5.41, 5.74) is -0.637. The van der Waals surface area contributed by atoms with E-state index in [-0.39, 0.29) is 17.1 Å². The van der Waals surface area contributed by atoms with Gasteiger partial charge in [0.15, 0.2) is 5.78 Å². The number of halogens is 1. The van der Waals surface area contributed by atoms with Gasteiger partial charge in [0, 0.05) is 6.54 Å². The number of ether oxygens (including phenoxy) is 1. The molecule has 1 aliphatic heterocycles. The first-order valence-corrected chi connectivity index (χ1v) is 6.67. The third kappa shape index (κ3) is 3.87. The summed E-state index contributed by atoms with van der Waals surface area (Å²) in [5.74, 6) is -0.187. The van der Waals surface area contributed by atoms with E-state index in [2.05, 4.69) is 0 Å². The van der Waals surface area contributed by atoms with Crippen molar-refractivity contribution in [3.05, 3.63) is 0 Å².